The van der Waals surface area contributed by atoms with Crippen molar-refractivity contribution < 1.29 is 18.0 Å². The van der Waals surface area contributed by atoms with Crippen LogP contribution in [-0.2, 0) is 4.79 Å². The van der Waals surface area contributed by atoms with Gasteiger partial charge in [0.25, 0.3) is 0 Å². The fourth-order valence-corrected chi connectivity index (χ4v) is 2.01. The maximum Gasteiger partial charge on any atom is 0.401 e. The number of carbonyl (C=O) groups is 1. The molecule has 0 radical (unpaired) electrons. The molecule has 1 amide bonds. The van der Waals surface area contributed by atoms with Gasteiger partial charge >= 0.3 is 6.18 Å². The van der Waals surface area contributed by atoms with Crippen LogP contribution in [0.4, 0.5) is 13.2 Å². The van der Waals surface area contributed by atoms with Gasteiger partial charge in [0.15, 0.2) is 0 Å². The first-order chi connectivity index (χ1) is 8.68. The summed E-state index contributed by atoms with van der Waals surface area (Å²) in [7, 11) is 0. The van der Waals surface area contributed by atoms with Gasteiger partial charge in [0.05, 0.1) is 6.54 Å². The van der Waals surface area contributed by atoms with E-state index in [0.29, 0.717) is 6.54 Å². The van der Waals surface area contributed by atoms with E-state index >= 15 is 0 Å². The molecule has 0 bridgehead atoms. The van der Waals surface area contributed by atoms with Crippen molar-refractivity contribution in [1.82, 2.24) is 10.2 Å². The second-order valence-electron chi connectivity index (χ2n) is 5.37. The molecule has 19 heavy (non-hydrogen) atoms. The molecule has 1 aliphatic rings. The van der Waals surface area contributed by atoms with Crippen LogP contribution in [-0.4, -0.2) is 48.2 Å². The molecular formula is C12H22F3N3O. The Morgan fingerprint density at radius 3 is 2.32 bits per heavy atom. The molecule has 0 saturated heterocycles. The van der Waals surface area contributed by atoms with Crippen molar-refractivity contribution in [2.45, 2.75) is 50.9 Å². The monoisotopic (exact) mass is 281 g/mol. The van der Waals surface area contributed by atoms with Crippen LogP contribution in [0, 0.1) is 0 Å². The van der Waals surface area contributed by atoms with Crippen LogP contribution in [0.3, 0.4) is 0 Å². The first-order valence-electron chi connectivity index (χ1n) is 6.53. The number of rotatable bonds is 8. The van der Waals surface area contributed by atoms with Crippen molar-refractivity contribution in [3.05, 3.63) is 0 Å². The van der Waals surface area contributed by atoms with Gasteiger partial charge in [0, 0.05) is 12.6 Å². The standard InChI is InChI=1S/C12H22F3N3O/c1-3-6-17-11(2,10(16)19)7-18(9-4-5-9)8-12(13,14)15/h9,17H,3-8H2,1-2H3,(H2,16,19). The summed E-state index contributed by atoms with van der Waals surface area (Å²) in [6.07, 6.45) is -1.98. The summed E-state index contributed by atoms with van der Waals surface area (Å²) in [5.74, 6) is -0.617. The van der Waals surface area contributed by atoms with Crippen LogP contribution in [0.15, 0.2) is 0 Å². The Kier molecular flexibility index (Phi) is 5.20. The molecule has 4 nitrogen and oxygen atoms in total. The van der Waals surface area contributed by atoms with Gasteiger partial charge in [-0.25, -0.2) is 0 Å². The second kappa shape index (κ2) is 6.09. The van der Waals surface area contributed by atoms with Gasteiger partial charge in [0.1, 0.15) is 5.54 Å². The van der Waals surface area contributed by atoms with Gasteiger partial charge in [-0.3, -0.25) is 9.69 Å². The van der Waals surface area contributed by atoms with Crippen LogP contribution in [0.25, 0.3) is 0 Å². The molecule has 0 aromatic heterocycles. The third-order valence-corrected chi connectivity index (χ3v) is 3.27. The van der Waals surface area contributed by atoms with Crippen molar-refractivity contribution in [2.75, 3.05) is 19.6 Å². The Hall–Kier alpha value is -0.820. The normalized spacial score (nSPS) is 19.5. The third-order valence-electron chi connectivity index (χ3n) is 3.27. The fourth-order valence-electron chi connectivity index (χ4n) is 2.01. The van der Waals surface area contributed by atoms with E-state index in [4.69, 9.17) is 5.73 Å². The Morgan fingerprint density at radius 1 is 1.37 bits per heavy atom. The zero-order valence-electron chi connectivity index (χ0n) is 11.4. The highest BCUT2D eigenvalue weighted by atomic mass is 19.4. The lowest BCUT2D eigenvalue weighted by molar-refractivity contribution is -0.151. The maximum atomic E-state index is 12.5. The van der Waals surface area contributed by atoms with Crippen molar-refractivity contribution in [2.24, 2.45) is 5.73 Å². The minimum absolute atomic E-state index is 0.00743. The highest BCUT2D eigenvalue weighted by molar-refractivity contribution is 5.84. The topological polar surface area (TPSA) is 58.4 Å². The molecule has 1 atom stereocenters. The van der Waals surface area contributed by atoms with E-state index in [2.05, 4.69) is 5.32 Å². The fraction of sp³-hybridized carbons (Fsp3) is 0.917. The molecule has 1 saturated carbocycles. The average molecular weight is 281 g/mol. The lowest BCUT2D eigenvalue weighted by Crippen LogP contribution is -2.60. The Labute approximate surface area is 111 Å². The summed E-state index contributed by atoms with van der Waals surface area (Å²) in [6.45, 7) is 3.03. The highest BCUT2D eigenvalue weighted by Crippen LogP contribution is 2.31. The summed E-state index contributed by atoms with van der Waals surface area (Å²) in [5.41, 5.74) is 4.21. The molecule has 7 heteroatoms. The van der Waals surface area contributed by atoms with Gasteiger partial charge in [0.2, 0.25) is 5.91 Å². The lowest BCUT2D eigenvalue weighted by atomic mass is 10.00. The molecule has 1 fully saturated rings. The average Bonchev–Trinajstić information content (AvgIpc) is 3.07. The largest absolute Gasteiger partial charge is 0.401 e. The van der Waals surface area contributed by atoms with Crippen LogP contribution in [0.1, 0.15) is 33.1 Å². The summed E-state index contributed by atoms with van der Waals surface area (Å²) in [4.78, 5) is 12.8. The summed E-state index contributed by atoms with van der Waals surface area (Å²) >= 11 is 0. The first-order valence-corrected chi connectivity index (χ1v) is 6.53. The molecule has 1 aliphatic carbocycles. The number of nitrogens with zero attached hydrogens (tertiary/aromatic N) is 1. The van der Waals surface area contributed by atoms with Gasteiger partial charge in [-0.15, -0.1) is 0 Å². The number of amides is 1. The molecule has 112 valence electrons. The molecule has 0 aliphatic heterocycles. The molecule has 1 unspecified atom stereocenters. The molecule has 0 heterocycles. The minimum atomic E-state index is -4.26. The molecular weight excluding hydrogens is 259 g/mol. The van der Waals surface area contributed by atoms with Gasteiger partial charge in [-0.1, -0.05) is 6.92 Å². The lowest BCUT2D eigenvalue weighted by Gasteiger charge is -2.34. The SMILES string of the molecule is CCCNC(C)(CN(CC(F)(F)F)C1CC1)C(N)=O. The Balaban J connectivity index is 2.70. The highest BCUT2D eigenvalue weighted by Gasteiger charge is 2.42. The van der Waals surface area contributed by atoms with E-state index in [0.717, 1.165) is 19.3 Å². The van der Waals surface area contributed by atoms with E-state index in [1.54, 1.807) is 6.92 Å². The van der Waals surface area contributed by atoms with Crippen molar-refractivity contribution in [3.8, 4) is 0 Å². The van der Waals surface area contributed by atoms with Crippen molar-refractivity contribution in [3.63, 3.8) is 0 Å². The van der Waals surface area contributed by atoms with E-state index in [1.807, 2.05) is 6.92 Å². The van der Waals surface area contributed by atoms with Crippen molar-refractivity contribution in [1.29, 1.82) is 0 Å². The molecule has 3 N–H and O–H groups in total. The predicted molar refractivity (Wildman–Crippen MR) is 66.5 cm³/mol. The van der Waals surface area contributed by atoms with E-state index in [1.165, 1.54) is 4.90 Å². The number of alkyl halides is 3. The van der Waals surface area contributed by atoms with E-state index < -0.39 is 24.2 Å². The van der Waals surface area contributed by atoms with Gasteiger partial charge in [-0.05, 0) is 32.7 Å². The van der Waals surface area contributed by atoms with Crippen LogP contribution < -0.4 is 11.1 Å². The van der Waals surface area contributed by atoms with Gasteiger partial charge in [-0.2, -0.15) is 13.2 Å². The minimum Gasteiger partial charge on any atom is -0.368 e. The summed E-state index contributed by atoms with van der Waals surface area (Å²) in [5, 5.41) is 2.96. The number of primary amides is 1. The zero-order chi connectivity index (χ0) is 14.7. The van der Waals surface area contributed by atoms with Crippen LogP contribution in [0.2, 0.25) is 0 Å². The second-order valence-corrected chi connectivity index (χ2v) is 5.37. The molecule has 0 spiro atoms. The number of nitrogens with two attached hydrogens (primary N) is 1. The third kappa shape index (κ3) is 5.36. The number of hydrogen-bond acceptors (Lipinski definition) is 3. The first kappa shape index (κ1) is 16.2. The zero-order valence-corrected chi connectivity index (χ0v) is 11.4. The molecule has 1 rings (SSSR count). The Bertz CT molecular complexity index is 318. The molecule has 0 aromatic carbocycles. The van der Waals surface area contributed by atoms with Crippen LogP contribution >= 0.6 is 0 Å². The van der Waals surface area contributed by atoms with E-state index in [-0.39, 0.29) is 12.6 Å². The number of carbonyl (C=O) groups excluding carboxylic acids is 1. The van der Waals surface area contributed by atoms with Crippen molar-refractivity contribution >= 4 is 5.91 Å². The number of hydrogen-bond donors (Lipinski definition) is 2. The smallest absolute Gasteiger partial charge is 0.368 e. The summed E-state index contributed by atoms with van der Waals surface area (Å²) in [6, 6.07) is -0.0799. The quantitative estimate of drug-likeness (QED) is 0.704. The molecule has 0 aromatic rings. The number of halogens is 3. The predicted octanol–water partition coefficient (Wildman–Crippen LogP) is 1.26. The Morgan fingerprint density at radius 2 is 1.95 bits per heavy atom. The number of nitrogens with one attached hydrogen (secondary N) is 1. The van der Waals surface area contributed by atoms with Gasteiger partial charge < -0.3 is 11.1 Å². The summed E-state index contributed by atoms with van der Waals surface area (Å²) < 4.78 is 37.6. The van der Waals surface area contributed by atoms with Crippen LogP contribution in [0.5, 0.6) is 0 Å². The maximum absolute atomic E-state index is 12.5. The van der Waals surface area contributed by atoms with E-state index in [9.17, 15) is 18.0 Å².